The molecule has 2 aromatic heterocycles. The van der Waals surface area contributed by atoms with Crippen molar-refractivity contribution in [2.24, 2.45) is 0 Å². The molecule has 1 amide bonds. The van der Waals surface area contributed by atoms with Gasteiger partial charge in [-0.15, -0.1) is 11.3 Å². The molecular weight excluding hydrogens is 428 g/mol. The number of rotatable bonds is 7. The van der Waals surface area contributed by atoms with Gasteiger partial charge in [0.1, 0.15) is 4.83 Å². The standard InChI is InChI=1S/C21H21F2N3O4S/c1-29-14-7-6-12(10-15(14)30-21(22)23)25-17(27)8-9-26-11-24-19-18(20(26)28)13-4-2-3-5-16(13)31-19/h6-7,10-11,21H,2-5,8-9H2,1H3,(H,25,27). The summed E-state index contributed by atoms with van der Waals surface area (Å²) in [5.41, 5.74) is 1.26. The van der Waals surface area contributed by atoms with Crippen LogP contribution in [0.25, 0.3) is 10.2 Å². The molecule has 0 saturated heterocycles. The van der Waals surface area contributed by atoms with Crippen molar-refractivity contribution in [3.05, 3.63) is 45.3 Å². The number of anilines is 1. The van der Waals surface area contributed by atoms with E-state index in [2.05, 4.69) is 15.0 Å². The van der Waals surface area contributed by atoms with Gasteiger partial charge in [0.05, 0.1) is 18.8 Å². The summed E-state index contributed by atoms with van der Waals surface area (Å²) >= 11 is 1.58. The van der Waals surface area contributed by atoms with Crippen molar-refractivity contribution in [3.8, 4) is 11.5 Å². The Kier molecular flexibility index (Phi) is 6.17. The van der Waals surface area contributed by atoms with Crippen molar-refractivity contribution in [3.63, 3.8) is 0 Å². The summed E-state index contributed by atoms with van der Waals surface area (Å²) in [4.78, 5) is 31.7. The van der Waals surface area contributed by atoms with Gasteiger partial charge in [0.15, 0.2) is 11.5 Å². The van der Waals surface area contributed by atoms with Crippen molar-refractivity contribution < 1.29 is 23.0 Å². The maximum Gasteiger partial charge on any atom is 0.387 e. The predicted octanol–water partition coefficient (Wildman–Crippen LogP) is 3.98. The second kappa shape index (κ2) is 9.01. The molecule has 0 fully saturated rings. The first-order valence-electron chi connectivity index (χ1n) is 9.88. The maximum atomic E-state index is 12.9. The van der Waals surface area contributed by atoms with E-state index in [4.69, 9.17) is 4.74 Å². The van der Waals surface area contributed by atoms with E-state index >= 15 is 0 Å². The summed E-state index contributed by atoms with van der Waals surface area (Å²) in [6.07, 6.45) is 5.56. The molecule has 10 heteroatoms. The van der Waals surface area contributed by atoms with Crippen molar-refractivity contribution in [1.82, 2.24) is 9.55 Å². The molecule has 0 bridgehead atoms. The van der Waals surface area contributed by atoms with Crippen LogP contribution in [0.1, 0.15) is 29.7 Å². The average Bonchev–Trinajstić information content (AvgIpc) is 3.12. The highest BCUT2D eigenvalue weighted by molar-refractivity contribution is 7.18. The van der Waals surface area contributed by atoms with Crippen LogP contribution in [0.15, 0.2) is 29.3 Å². The third kappa shape index (κ3) is 4.53. The Morgan fingerprint density at radius 1 is 1.29 bits per heavy atom. The minimum Gasteiger partial charge on any atom is -0.493 e. The molecule has 164 valence electrons. The Morgan fingerprint density at radius 3 is 2.87 bits per heavy atom. The second-order valence-corrected chi connectivity index (χ2v) is 8.26. The van der Waals surface area contributed by atoms with Crippen LogP contribution in [-0.2, 0) is 24.2 Å². The smallest absolute Gasteiger partial charge is 0.387 e. The number of methoxy groups -OCH3 is 1. The number of carbonyl (C=O) groups is 1. The SMILES string of the molecule is COc1ccc(NC(=O)CCn2cnc3sc4c(c3c2=O)CCCC4)cc1OC(F)F. The first-order valence-corrected chi connectivity index (χ1v) is 10.7. The van der Waals surface area contributed by atoms with Crippen molar-refractivity contribution in [1.29, 1.82) is 0 Å². The van der Waals surface area contributed by atoms with Crippen LogP contribution >= 0.6 is 11.3 Å². The molecule has 31 heavy (non-hydrogen) atoms. The van der Waals surface area contributed by atoms with Gasteiger partial charge in [-0.25, -0.2) is 4.98 Å². The summed E-state index contributed by atoms with van der Waals surface area (Å²) < 4.78 is 36.0. The normalized spacial score (nSPS) is 13.3. The molecule has 1 aliphatic rings. The Hall–Kier alpha value is -3.01. The summed E-state index contributed by atoms with van der Waals surface area (Å²) in [5, 5.41) is 3.30. The maximum absolute atomic E-state index is 12.9. The molecular formula is C21H21F2N3O4S. The molecule has 0 radical (unpaired) electrons. The fourth-order valence-electron chi connectivity index (χ4n) is 3.73. The lowest BCUT2D eigenvalue weighted by molar-refractivity contribution is -0.116. The number of thiophene rings is 1. The topological polar surface area (TPSA) is 82.5 Å². The molecule has 3 aromatic rings. The van der Waals surface area contributed by atoms with E-state index in [1.165, 1.54) is 41.1 Å². The lowest BCUT2D eigenvalue weighted by Gasteiger charge is -2.12. The van der Waals surface area contributed by atoms with E-state index in [0.29, 0.717) is 5.39 Å². The zero-order valence-electron chi connectivity index (χ0n) is 16.8. The van der Waals surface area contributed by atoms with Gasteiger partial charge < -0.3 is 14.8 Å². The number of carbonyl (C=O) groups excluding carboxylic acids is 1. The highest BCUT2D eigenvalue weighted by Crippen LogP contribution is 2.33. The molecule has 0 saturated carbocycles. The number of nitrogens with one attached hydrogen (secondary N) is 1. The number of hydrogen-bond donors (Lipinski definition) is 1. The minimum atomic E-state index is -3.02. The molecule has 1 N–H and O–H groups in total. The van der Waals surface area contributed by atoms with Gasteiger partial charge in [-0.3, -0.25) is 14.2 Å². The molecule has 4 rings (SSSR count). The average molecular weight is 449 g/mol. The van der Waals surface area contributed by atoms with Gasteiger partial charge in [0.2, 0.25) is 5.91 Å². The van der Waals surface area contributed by atoms with E-state index in [-0.39, 0.29) is 41.6 Å². The molecule has 1 aromatic carbocycles. The second-order valence-electron chi connectivity index (χ2n) is 7.18. The van der Waals surface area contributed by atoms with E-state index in [9.17, 15) is 18.4 Å². The molecule has 0 aliphatic heterocycles. The first kappa shape index (κ1) is 21.2. The van der Waals surface area contributed by atoms with Crippen LogP contribution in [0, 0.1) is 0 Å². The zero-order chi connectivity index (χ0) is 22.0. The summed E-state index contributed by atoms with van der Waals surface area (Å²) in [7, 11) is 1.33. The number of nitrogens with zero attached hydrogens (tertiary/aromatic N) is 2. The number of benzene rings is 1. The largest absolute Gasteiger partial charge is 0.493 e. The van der Waals surface area contributed by atoms with Crippen LogP contribution in [0.3, 0.4) is 0 Å². The van der Waals surface area contributed by atoms with Crippen molar-refractivity contribution in [2.45, 2.75) is 45.3 Å². The number of fused-ring (bicyclic) bond motifs is 3. The fourth-order valence-corrected chi connectivity index (χ4v) is 4.95. The van der Waals surface area contributed by atoms with Crippen molar-refractivity contribution >= 4 is 33.1 Å². The van der Waals surface area contributed by atoms with Crippen LogP contribution in [0.4, 0.5) is 14.5 Å². The molecule has 0 spiro atoms. The van der Waals surface area contributed by atoms with Gasteiger partial charge >= 0.3 is 6.61 Å². The van der Waals surface area contributed by atoms with Crippen LogP contribution in [-0.4, -0.2) is 29.2 Å². The Balaban J connectivity index is 1.46. The number of halogens is 2. The van der Waals surface area contributed by atoms with E-state index in [1.54, 1.807) is 11.3 Å². The minimum absolute atomic E-state index is 0.0243. The third-order valence-electron chi connectivity index (χ3n) is 5.19. The monoisotopic (exact) mass is 449 g/mol. The van der Waals surface area contributed by atoms with Crippen LogP contribution in [0.2, 0.25) is 0 Å². The number of hydrogen-bond acceptors (Lipinski definition) is 6. The number of amides is 1. The molecule has 0 atom stereocenters. The number of aryl methyl sites for hydroxylation is 3. The summed E-state index contributed by atoms with van der Waals surface area (Å²) in [5.74, 6) is -0.417. The third-order valence-corrected chi connectivity index (χ3v) is 6.38. The van der Waals surface area contributed by atoms with Gasteiger partial charge in [-0.1, -0.05) is 0 Å². The lowest BCUT2D eigenvalue weighted by Crippen LogP contribution is -2.24. The first-order chi connectivity index (χ1) is 15.0. The number of aromatic nitrogens is 2. The molecule has 1 aliphatic carbocycles. The molecule has 7 nitrogen and oxygen atoms in total. The van der Waals surface area contributed by atoms with E-state index in [1.807, 2.05) is 0 Å². The summed E-state index contributed by atoms with van der Waals surface area (Å²) in [6, 6.07) is 4.21. The van der Waals surface area contributed by atoms with E-state index in [0.717, 1.165) is 36.1 Å². The molecule has 0 unspecified atom stereocenters. The van der Waals surface area contributed by atoms with Crippen molar-refractivity contribution in [2.75, 3.05) is 12.4 Å². The van der Waals surface area contributed by atoms with Gasteiger partial charge in [0.25, 0.3) is 5.56 Å². The van der Waals surface area contributed by atoms with Gasteiger partial charge in [-0.2, -0.15) is 8.78 Å². The number of ether oxygens (including phenoxy) is 2. The fraction of sp³-hybridized carbons (Fsp3) is 0.381. The predicted molar refractivity (Wildman–Crippen MR) is 113 cm³/mol. The van der Waals surface area contributed by atoms with E-state index < -0.39 is 6.61 Å². The zero-order valence-corrected chi connectivity index (χ0v) is 17.6. The highest BCUT2D eigenvalue weighted by Gasteiger charge is 2.20. The van der Waals surface area contributed by atoms with Gasteiger partial charge in [0, 0.05) is 29.6 Å². The lowest BCUT2D eigenvalue weighted by atomic mass is 9.97. The summed E-state index contributed by atoms with van der Waals surface area (Å²) in [6.45, 7) is -2.86. The Morgan fingerprint density at radius 2 is 2.10 bits per heavy atom. The van der Waals surface area contributed by atoms with Gasteiger partial charge in [-0.05, 0) is 43.4 Å². The quantitative estimate of drug-likeness (QED) is 0.590. The Labute approximate surface area is 180 Å². The Bertz CT molecular complexity index is 1180. The number of alkyl halides is 2. The highest BCUT2D eigenvalue weighted by atomic mass is 32.1. The van der Waals surface area contributed by atoms with Crippen LogP contribution in [0.5, 0.6) is 11.5 Å². The van der Waals surface area contributed by atoms with Crippen LogP contribution < -0.4 is 20.3 Å². The molecule has 2 heterocycles.